The summed E-state index contributed by atoms with van der Waals surface area (Å²) in [6.45, 7) is 0. The van der Waals surface area contributed by atoms with E-state index < -0.39 is 0 Å². The van der Waals surface area contributed by atoms with Crippen LogP contribution in [0.3, 0.4) is 0 Å². The van der Waals surface area contributed by atoms with Gasteiger partial charge in [-0.2, -0.15) is 0 Å². The second kappa shape index (κ2) is 15.7. The number of hydrogen-bond donors (Lipinski definition) is 0. The van der Waals surface area contributed by atoms with Crippen molar-refractivity contribution < 1.29 is 107 Å². The monoisotopic (exact) mass is 442 g/mol. The maximum atomic E-state index is 0. The molecule has 0 aliphatic carbocycles. The Labute approximate surface area is 120 Å². The maximum Gasteiger partial charge on any atom is 0 e. The van der Waals surface area contributed by atoms with Gasteiger partial charge >= 0.3 is 0 Å². The summed E-state index contributed by atoms with van der Waals surface area (Å²) in [6, 6.07) is 0. The SMILES string of the molecule is [Al].[Cd].[Nd].[Tb]. The second-order valence-electron chi connectivity index (χ2n) is 0. The van der Waals surface area contributed by atoms with Gasteiger partial charge in [0.2, 0.25) is 0 Å². The summed E-state index contributed by atoms with van der Waals surface area (Å²) in [4.78, 5) is 0. The maximum absolute atomic E-state index is 0. The van der Waals surface area contributed by atoms with Crippen LogP contribution in [0.25, 0.3) is 0 Å². The minimum Gasteiger partial charge on any atom is 0 e. The van der Waals surface area contributed by atoms with E-state index in [1.165, 1.54) is 0 Å². The van der Waals surface area contributed by atoms with Crippen LogP contribution in [0.1, 0.15) is 0 Å². The Kier molecular flexibility index (Phi) is 95.5. The van der Waals surface area contributed by atoms with E-state index in [0.717, 1.165) is 0 Å². The molecule has 0 aromatic rings. The number of rotatable bonds is 0. The predicted molar refractivity (Wildman–Crippen MR) is 5.75 cm³/mol. The molecule has 4 heteroatoms. The topological polar surface area (TPSA) is 0 Å². The molecule has 0 amide bonds. The van der Waals surface area contributed by atoms with Crippen molar-refractivity contribution in [2.45, 2.75) is 0 Å². The summed E-state index contributed by atoms with van der Waals surface area (Å²) in [5.41, 5.74) is 0. The van der Waals surface area contributed by atoms with Crippen LogP contribution in [0.15, 0.2) is 0 Å². The van der Waals surface area contributed by atoms with Crippen molar-refractivity contribution in [3.05, 3.63) is 0 Å². The van der Waals surface area contributed by atoms with Gasteiger partial charge in [0.15, 0.2) is 0 Å². The molecule has 0 aromatic carbocycles. The van der Waals surface area contributed by atoms with Crippen LogP contribution in [0, 0.1) is 79.5 Å². The van der Waals surface area contributed by atoms with E-state index in [9.17, 15) is 0 Å². The molecule has 0 nitrogen and oxygen atoms in total. The molecule has 0 N–H and O–H groups in total. The predicted octanol–water partition coefficient (Wildman–Crippen LogP) is -0.383. The third-order valence-electron chi connectivity index (χ3n) is 0. The van der Waals surface area contributed by atoms with Crippen LogP contribution in [-0.2, 0) is 27.3 Å². The van der Waals surface area contributed by atoms with Gasteiger partial charge in [-0.1, -0.05) is 0 Å². The van der Waals surface area contributed by atoms with E-state index in [-0.39, 0.29) is 124 Å². The Hall–Kier alpha value is 4.09. The van der Waals surface area contributed by atoms with Crippen molar-refractivity contribution in [3.63, 3.8) is 0 Å². The molecule has 0 aliphatic heterocycles. The molecule has 0 rings (SSSR count). The summed E-state index contributed by atoms with van der Waals surface area (Å²) in [6.07, 6.45) is 0. The first kappa shape index (κ1) is 24.3. The van der Waals surface area contributed by atoms with Gasteiger partial charge in [-0.05, 0) is 0 Å². The zero-order valence-corrected chi connectivity index (χ0v) is 12.7. The van der Waals surface area contributed by atoms with Gasteiger partial charge in [-0.15, -0.1) is 0 Å². The Morgan fingerprint density at radius 1 is 1.00 bits per heavy atom. The van der Waals surface area contributed by atoms with Crippen molar-refractivity contribution >= 4 is 17.4 Å². The van der Waals surface area contributed by atoms with Crippen molar-refractivity contribution in [2.75, 3.05) is 0 Å². The van der Waals surface area contributed by atoms with Gasteiger partial charge in [0.25, 0.3) is 0 Å². The molecular weight excluding hydrogens is 443 g/mol. The Morgan fingerprint density at radius 3 is 1.00 bits per heavy atom. The Morgan fingerprint density at radius 2 is 1.00 bits per heavy atom. The van der Waals surface area contributed by atoms with Gasteiger partial charge in [-0.25, -0.2) is 0 Å². The standard InChI is InChI=1S/Al.Cd.Nd.Tb. The number of hydrogen-bond acceptors (Lipinski definition) is 0. The molecule has 0 spiro atoms. The third kappa shape index (κ3) is 9.43. The summed E-state index contributed by atoms with van der Waals surface area (Å²) < 4.78 is 0. The van der Waals surface area contributed by atoms with Crippen LogP contribution in [0.4, 0.5) is 0 Å². The minimum atomic E-state index is 0. The van der Waals surface area contributed by atoms with E-state index in [1.54, 1.807) is 0 Å². The molecule has 0 heterocycles. The molecule has 18 valence electrons. The minimum absolute atomic E-state index is 0. The summed E-state index contributed by atoms with van der Waals surface area (Å²) in [7, 11) is 0. The van der Waals surface area contributed by atoms with Crippen molar-refractivity contribution in [3.8, 4) is 0 Å². The van der Waals surface area contributed by atoms with Crippen molar-refractivity contribution in [1.29, 1.82) is 0 Å². The van der Waals surface area contributed by atoms with Crippen LogP contribution in [0.5, 0.6) is 0 Å². The molecule has 0 aliphatic rings. The fraction of sp³-hybridized carbons (Fsp3) is 0. The van der Waals surface area contributed by atoms with Gasteiger partial charge in [0, 0.05) is 124 Å². The normalized spacial score (nSPS) is 0. The molecular formula is AlCdNdTb. The molecule has 0 saturated carbocycles. The Balaban J connectivity index is 0. The smallest absolute Gasteiger partial charge is 0 e. The second-order valence-corrected chi connectivity index (χ2v) is 0. The van der Waals surface area contributed by atoms with Crippen LogP contribution in [-0.4, -0.2) is 17.4 Å². The molecule has 0 atom stereocenters. The van der Waals surface area contributed by atoms with E-state index in [0.29, 0.717) is 0 Å². The Bertz CT molecular complexity index is 8.00. The first-order valence-electron chi connectivity index (χ1n) is 0. The summed E-state index contributed by atoms with van der Waals surface area (Å²) in [5.74, 6) is 0. The van der Waals surface area contributed by atoms with Gasteiger partial charge < -0.3 is 0 Å². The fourth-order valence-electron chi connectivity index (χ4n) is 0. The van der Waals surface area contributed by atoms with Gasteiger partial charge in [0.1, 0.15) is 0 Å². The van der Waals surface area contributed by atoms with Crippen LogP contribution in [0.2, 0.25) is 0 Å². The zero-order valence-electron chi connectivity index (χ0n) is 2.12. The third-order valence-corrected chi connectivity index (χ3v) is 0. The molecule has 0 fully saturated rings. The van der Waals surface area contributed by atoms with Crippen LogP contribution >= 0.6 is 0 Å². The summed E-state index contributed by atoms with van der Waals surface area (Å²) in [5, 5.41) is 0. The molecule has 0 aromatic heterocycles. The largest absolute Gasteiger partial charge is 0 e. The molecule has 0 unspecified atom stereocenters. The molecule has 0 saturated heterocycles. The van der Waals surface area contributed by atoms with E-state index in [4.69, 9.17) is 0 Å². The van der Waals surface area contributed by atoms with Gasteiger partial charge in [-0.3, -0.25) is 0 Å². The molecule has 4 radical (unpaired) electrons. The average molecular weight is 443 g/mol. The quantitative estimate of drug-likeness (QED) is 0.449. The summed E-state index contributed by atoms with van der Waals surface area (Å²) >= 11 is 0. The van der Waals surface area contributed by atoms with E-state index in [1.807, 2.05) is 0 Å². The van der Waals surface area contributed by atoms with Crippen molar-refractivity contribution in [2.24, 2.45) is 0 Å². The van der Waals surface area contributed by atoms with E-state index >= 15 is 0 Å². The van der Waals surface area contributed by atoms with E-state index in [2.05, 4.69) is 0 Å². The first-order valence-corrected chi connectivity index (χ1v) is 0. The van der Waals surface area contributed by atoms with Gasteiger partial charge in [0.05, 0.1) is 0 Å². The van der Waals surface area contributed by atoms with Crippen LogP contribution < -0.4 is 0 Å². The van der Waals surface area contributed by atoms with Crippen molar-refractivity contribution in [1.82, 2.24) is 0 Å². The molecule has 4 heavy (non-hydrogen) atoms. The fourth-order valence-corrected chi connectivity index (χ4v) is 0. The zero-order chi connectivity index (χ0) is 0. The first-order chi connectivity index (χ1) is 0. The average Bonchev–Trinajstić information content (AvgIpc) is 0. The molecule has 0 bridgehead atoms.